The number of alkyl halides is 3. The Balaban J connectivity index is 2.30. The fourth-order valence-electron chi connectivity index (χ4n) is 2.19. The van der Waals surface area contributed by atoms with Crippen LogP contribution in [-0.2, 0) is 14.4 Å². The lowest BCUT2D eigenvalue weighted by Gasteiger charge is -2.11. The number of benzene rings is 2. The zero-order chi connectivity index (χ0) is 19.4. The summed E-state index contributed by atoms with van der Waals surface area (Å²) in [5.74, 6) is 0.237. The van der Waals surface area contributed by atoms with Crippen molar-refractivity contribution in [3.63, 3.8) is 0 Å². The first kappa shape index (κ1) is 20.0. The molecule has 1 unspecified atom stereocenters. The number of hydrogen-bond donors (Lipinski definition) is 0. The van der Waals surface area contributed by atoms with Gasteiger partial charge < -0.3 is 0 Å². The lowest BCUT2D eigenvalue weighted by atomic mass is 9.99. The van der Waals surface area contributed by atoms with Crippen molar-refractivity contribution in [2.24, 2.45) is 5.16 Å². The topological polar surface area (TPSA) is 55.7 Å². The summed E-state index contributed by atoms with van der Waals surface area (Å²) in [6.45, 7) is 3.98. The molecule has 8 heteroatoms. The Kier molecular flexibility index (Phi) is 6.07. The van der Waals surface area contributed by atoms with Gasteiger partial charge in [-0.1, -0.05) is 61.5 Å². The van der Waals surface area contributed by atoms with Crippen LogP contribution in [0.25, 0.3) is 0 Å². The van der Waals surface area contributed by atoms with Gasteiger partial charge in [0.05, 0.1) is 0 Å². The molecule has 0 amide bonds. The summed E-state index contributed by atoms with van der Waals surface area (Å²) < 4.78 is 68.1. The van der Waals surface area contributed by atoms with Crippen LogP contribution in [0.3, 0.4) is 0 Å². The van der Waals surface area contributed by atoms with Crippen LogP contribution in [0.15, 0.2) is 64.6 Å². The van der Waals surface area contributed by atoms with E-state index in [1.807, 2.05) is 13.8 Å². The number of hydrogen-bond acceptors (Lipinski definition) is 4. The van der Waals surface area contributed by atoms with E-state index >= 15 is 0 Å². The molecular weight excluding hydrogens is 367 g/mol. The van der Waals surface area contributed by atoms with Crippen molar-refractivity contribution < 1.29 is 25.9 Å². The average molecular weight is 385 g/mol. The molecule has 0 aliphatic heterocycles. The van der Waals surface area contributed by atoms with Gasteiger partial charge in [-0.05, 0) is 30.0 Å². The van der Waals surface area contributed by atoms with E-state index in [2.05, 4.69) is 9.44 Å². The van der Waals surface area contributed by atoms with Gasteiger partial charge in [-0.25, -0.2) is 0 Å². The fraction of sp³-hybridized carbons (Fsp3) is 0.278. The van der Waals surface area contributed by atoms with Crippen molar-refractivity contribution in [3.05, 3.63) is 65.7 Å². The van der Waals surface area contributed by atoms with E-state index in [1.54, 1.807) is 12.1 Å². The Hall–Kier alpha value is -2.35. The van der Waals surface area contributed by atoms with E-state index in [-0.39, 0.29) is 16.4 Å². The maximum atomic E-state index is 13.2. The molecule has 2 rings (SSSR count). The minimum absolute atomic E-state index is 0.237. The molecule has 0 aliphatic carbocycles. The Morgan fingerprint density at radius 3 is 2.15 bits per heavy atom. The van der Waals surface area contributed by atoms with E-state index in [1.165, 1.54) is 42.5 Å². The molecule has 0 aliphatic rings. The normalized spacial score (nSPS) is 14.1. The molecule has 0 fully saturated rings. The molecule has 0 spiro atoms. The number of rotatable bonds is 6. The van der Waals surface area contributed by atoms with Crippen molar-refractivity contribution in [2.75, 3.05) is 0 Å². The van der Waals surface area contributed by atoms with Crippen molar-refractivity contribution >= 4 is 15.8 Å². The van der Waals surface area contributed by atoms with Crippen LogP contribution in [0.4, 0.5) is 13.2 Å². The van der Waals surface area contributed by atoms with Gasteiger partial charge in [0, 0.05) is 5.56 Å². The summed E-state index contributed by atoms with van der Waals surface area (Å²) in [6.07, 6.45) is -3.99. The maximum absolute atomic E-state index is 13.2. The van der Waals surface area contributed by atoms with Gasteiger partial charge in [-0.15, -0.1) is 0 Å². The number of halogens is 3. The molecule has 4 nitrogen and oxygen atoms in total. The van der Waals surface area contributed by atoms with Gasteiger partial charge in [-0.2, -0.15) is 21.6 Å². The van der Waals surface area contributed by atoms with E-state index in [9.17, 15) is 21.6 Å². The number of nitrogens with zero attached hydrogens (tertiary/aromatic N) is 1. The van der Waals surface area contributed by atoms with Crippen LogP contribution < -0.4 is 0 Å². The largest absolute Gasteiger partial charge is 0.437 e. The summed E-state index contributed by atoms with van der Waals surface area (Å²) in [5.41, 5.74) is -0.782. The van der Waals surface area contributed by atoms with E-state index in [0.29, 0.717) is 0 Å². The lowest BCUT2D eigenvalue weighted by Crippen LogP contribution is -2.25. The molecule has 2 aromatic carbocycles. The maximum Gasteiger partial charge on any atom is 0.437 e. The summed E-state index contributed by atoms with van der Waals surface area (Å²) in [4.78, 5) is -0.261. The summed E-state index contributed by atoms with van der Waals surface area (Å²) in [6, 6.07) is 12.5. The molecule has 0 N–H and O–H groups in total. The molecule has 26 heavy (non-hydrogen) atoms. The van der Waals surface area contributed by atoms with Crippen molar-refractivity contribution in [1.82, 2.24) is 0 Å². The molecule has 0 aromatic heterocycles. The predicted octanol–water partition coefficient (Wildman–Crippen LogP) is 4.87. The molecule has 1 atom stereocenters. The van der Waals surface area contributed by atoms with Gasteiger partial charge in [-0.3, -0.25) is 4.28 Å². The monoisotopic (exact) mass is 385 g/mol. The molecule has 0 saturated heterocycles. The van der Waals surface area contributed by atoms with Crippen LogP contribution in [0.1, 0.15) is 37.3 Å². The second-order valence-corrected chi connectivity index (χ2v) is 7.24. The van der Waals surface area contributed by atoms with Crippen molar-refractivity contribution in [3.8, 4) is 0 Å². The molecule has 2 aromatic rings. The molecule has 0 heterocycles. The predicted molar refractivity (Wildman–Crippen MR) is 92.5 cm³/mol. The summed E-state index contributed by atoms with van der Waals surface area (Å²) in [5, 5.41) is 2.89. The van der Waals surface area contributed by atoms with Crippen LogP contribution in [0.2, 0.25) is 0 Å². The Morgan fingerprint density at radius 2 is 1.65 bits per heavy atom. The SMILES string of the molecule is CCC(C)c1ccc(S(=O)(=O)ON=C(c2ccccc2)C(F)(F)F)cc1. The highest BCUT2D eigenvalue weighted by Crippen LogP contribution is 2.25. The molecule has 0 radical (unpaired) electrons. The fourth-order valence-corrected chi connectivity index (χ4v) is 2.92. The van der Waals surface area contributed by atoms with Crippen LogP contribution >= 0.6 is 0 Å². The van der Waals surface area contributed by atoms with Gasteiger partial charge >= 0.3 is 16.3 Å². The Labute approximate surface area is 150 Å². The second kappa shape index (κ2) is 7.90. The average Bonchev–Trinajstić information content (AvgIpc) is 2.61. The third kappa shape index (κ3) is 4.85. The quantitative estimate of drug-likeness (QED) is 0.526. The summed E-state index contributed by atoms with van der Waals surface area (Å²) in [7, 11) is -4.46. The van der Waals surface area contributed by atoms with Crippen LogP contribution in [0, 0.1) is 0 Å². The first-order valence-electron chi connectivity index (χ1n) is 7.89. The highest BCUT2D eigenvalue weighted by atomic mass is 32.2. The van der Waals surface area contributed by atoms with Gasteiger partial charge in [0.2, 0.25) is 0 Å². The Bertz CT molecular complexity index is 861. The highest BCUT2D eigenvalue weighted by Gasteiger charge is 2.38. The smallest absolute Gasteiger partial charge is 0.264 e. The zero-order valence-electron chi connectivity index (χ0n) is 14.2. The Morgan fingerprint density at radius 1 is 1.08 bits per heavy atom. The second-order valence-electron chi connectivity index (χ2n) is 5.71. The van der Waals surface area contributed by atoms with Crippen molar-refractivity contribution in [2.45, 2.75) is 37.3 Å². The van der Waals surface area contributed by atoms with Crippen LogP contribution in [0.5, 0.6) is 0 Å². The minimum atomic E-state index is -4.86. The van der Waals surface area contributed by atoms with E-state index < -0.39 is 22.0 Å². The molecule has 0 bridgehead atoms. The van der Waals surface area contributed by atoms with Crippen molar-refractivity contribution in [1.29, 1.82) is 0 Å². The van der Waals surface area contributed by atoms with Gasteiger partial charge in [0.1, 0.15) is 4.90 Å². The number of oxime groups is 1. The molecule has 0 saturated carbocycles. The third-order valence-corrected chi connectivity index (χ3v) is 5.01. The lowest BCUT2D eigenvalue weighted by molar-refractivity contribution is -0.0597. The molecular formula is C18H18F3NO3S. The van der Waals surface area contributed by atoms with Gasteiger partial charge in [0.25, 0.3) is 0 Å². The molecule has 140 valence electrons. The first-order chi connectivity index (χ1) is 12.1. The van der Waals surface area contributed by atoms with E-state index in [4.69, 9.17) is 0 Å². The first-order valence-corrected chi connectivity index (χ1v) is 9.30. The standard InChI is InChI=1S/C18H18F3NO3S/c1-3-13(2)14-9-11-16(12-10-14)26(23,24)25-22-17(18(19,20)21)15-7-5-4-6-8-15/h4-13H,3H2,1-2H3. The zero-order valence-corrected chi connectivity index (χ0v) is 15.0. The third-order valence-electron chi connectivity index (χ3n) is 3.89. The minimum Gasteiger partial charge on any atom is -0.264 e. The van der Waals surface area contributed by atoms with Crippen LogP contribution in [-0.4, -0.2) is 20.3 Å². The van der Waals surface area contributed by atoms with E-state index in [0.717, 1.165) is 12.0 Å². The highest BCUT2D eigenvalue weighted by molar-refractivity contribution is 7.86. The summed E-state index contributed by atoms with van der Waals surface area (Å²) >= 11 is 0. The van der Waals surface area contributed by atoms with Gasteiger partial charge in [0.15, 0.2) is 5.71 Å².